The van der Waals surface area contributed by atoms with Crippen molar-refractivity contribution >= 4 is 5.91 Å². The Morgan fingerprint density at radius 3 is 2.30 bits per heavy atom. The first-order valence-corrected chi connectivity index (χ1v) is 8.77. The summed E-state index contributed by atoms with van der Waals surface area (Å²) in [5.74, 6) is 0.812. The lowest BCUT2D eigenvalue weighted by molar-refractivity contribution is -0.133. The second kappa shape index (κ2) is 7.44. The van der Waals surface area contributed by atoms with Crippen molar-refractivity contribution < 1.29 is 4.79 Å². The molecule has 1 saturated heterocycles. The fraction of sp³-hybridized carbons (Fsp3) is 0.941. The molecule has 3 nitrogen and oxygen atoms in total. The molecule has 0 aromatic rings. The molecular formula is C17H32N2O. The van der Waals surface area contributed by atoms with Gasteiger partial charge in [0.15, 0.2) is 0 Å². The van der Waals surface area contributed by atoms with Gasteiger partial charge in [0, 0.05) is 6.04 Å². The van der Waals surface area contributed by atoms with E-state index < -0.39 is 0 Å². The van der Waals surface area contributed by atoms with Gasteiger partial charge in [-0.25, -0.2) is 0 Å². The molecule has 1 aliphatic carbocycles. The Kier molecular flexibility index (Phi) is 5.88. The van der Waals surface area contributed by atoms with Crippen LogP contribution in [0.4, 0.5) is 0 Å². The summed E-state index contributed by atoms with van der Waals surface area (Å²) in [5, 5.41) is 3.60. The van der Waals surface area contributed by atoms with Crippen LogP contribution in [0.15, 0.2) is 0 Å². The van der Waals surface area contributed by atoms with Gasteiger partial charge in [0.25, 0.3) is 0 Å². The molecule has 1 saturated carbocycles. The normalized spacial score (nSPS) is 31.1. The van der Waals surface area contributed by atoms with Crippen LogP contribution in [0, 0.1) is 5.92 Å². The highest BCUT2D eigenvalue weighted by atomic mass is 16.2. The van der Waals surface area contributed by atoms with E-state index in [0.29, 0.717) is 17.9 Å². The smallest absolute Gasteiger partial charge is 0.241 e. The summed E-state index contributed by atoms with van der Waals surface area (Å²) in [6.45, 7) is 6.57. The van der Waals surface area contributed by atoms with E-state index in [2.05, 4.69) is 31.0 Å². The van der Waals surface area contributed by atoms with Gasteiger partial charge in [-0.1, -0.05) is 59.3 Å². The minimum absolute atomic E-state index is 0.0513. The highest BCUT2D eigenvalue weighted by Gasteiger charge is 2.42. The summed E-state index contributed by atoms with van der Waals surface area (Å²) < 4.78 is 0. The van der Waals surface area contributed by atoms with Gasteiger partial charge < -0.3 is 4.90 Å². The SMILES string of the molecule is CCC(C)C1NC(CC)N(C2CCCCCCC2)C1=O. The van der Waals surface area contributed by atoms with Crippen LogP contribution in [0.1, 0.15) is 78.6 Å². The molecule has 3 unspecified atom stereocenters. The van der Waals surface area contributed by atoms with E-state index in [9.17, 15) is 4.79 Å². The molecule has 0 bridgehead atoms. The number of carbonyl (C=O) groups excluding carboxylic acids is 1. The summed E-state index contributed by atoms with van der Waals surface area (Å²) in [7, 11) is 0. The summed E-state index contributed by atoms with van der Waals surface area (Å²) in [6.07, 6.45) is 11.4. The second-order valence-electron chi connectivity index (χ2n) is 6.70. The fourth-order valence-corrected chi connectivity index (χ4v) is 3.78. The Labute approximate surface area is 124 Å². The molecule has 116 valence electrons. The Bertz CT molecular complexity index is 310. The zero-order valence-corrected chi connectivity index (χ0v) is 13.5. The molecule has 0 aromatic carbocycles. The maximum atomic E-state index is 12.8. The number of amides is 1. The molecule has 0 spiro atoms. The van der Waals surface area contributed by atoms with E-state index in [4.69, 9.17) is 0 Å². The largest absolute Gasteiger partial charge is 0.323 e. The first-order chi connectivity index (χ1) is 9.69. The molecule has 2 aliphatic rings. The van der Waals surface area contributed by atoms with Crippen molar-refractivity contribution in [3.63, 3.8) is 0 Å². The molecule has 1 N–H and O–H groups in total. The summed E-state index contributed by atoms with van der Waals surface area (Å²) in [4.78, 5) is 15.1. The zero-order chi connectivity index (χ0) is 14.5. The van der Waals surface area contributed by atoms with Crippen LogP contribution in [-0.2, 0) is 4.79 Å². The van der Waals surface area contributed by atoms with E-state index >= 15 is 0 Å². The van der Waals surface area contributed by atoms with Gasteiger partial charge in [0.1, 0.15) is 0 Å². The standard InChI is InChI=1S/C17H32N2O/c1-4-13(3)16-17(20)19(15(5-2)18-16)14-11-9-7-6-8-10-12-14/h13-16,18H,4-12H2,1-3H3. The van der Waals surface area contributed by atoms with Crippen LogP contribution in [0.2, 0.25) is 0 Å². The third-order valence-electron chi connectivity index (χ3n) is 5.30. The van der Waals surface area contributed by atoms with Gasteiger partial charge in [0.2, 0.25) is 5.91 Å². The number of nitrogens with zero attached hydrogens (tertiary/aromatic N) is 1. The Morgan fingerprint density at radius 2 is 1.75 bits per heavy atom. The Hall–Kier alpha value is -0.570. The zero-order valence-electron chi connectivity index (χ0n) is 13.5. The van der Waals surface area contributed by atoms with Crippen molar-refractivity contribution in [2.24, 2.45) is 5.92 Å². The van der Waals surface area contributed by atoms with Crippen molar-refractivity contribution in [3.05, 3.63) is 0 Å². The van der Waals surface area contributed by atoms with Crippen molar-refractivity contribution in [2.75, 3.05) is 0 Å². The molecule has 1 aliphatic heterocycles. The number of carbonyl (C=O) groups is 1. The first kappa shape index (κ1) is 15.8. The monoisotopic (exact) mass is 280 g/mol. The number of nitrogens with one attached hydrogen (secondary N) is 1. The number of rotatable bonds is 4. The Balaban J connectivity index is 2.08. The van der Waals surface area contributed by atoms with Gasteiger partial charge in [0.05, 0.1) is 12.2 Å². The van der Waals surface area contributed by atoms with Crippen LogP contribution in [0.3, 0.4) is 0 Å². The number of hydrogen-bond acceptors (Lipinski definition) is 2. The highest BCUT2D eigenvalue weighted by molar-refractivity contribution is 5.85. The molecule has 2 rings (SSSR count). The van der Waals surface area contributed by atoms with Gasteiger partial charge in [-0.3, -0.25) is 10.1 Å². The minimum atomic E-state index is 0.0513. The lowest BCUT2D eigenvalue weighted by Gasteiger charge is -2.33. The van der Waals surface area contributed by atoms with E-state index in [1.54, 1.807) is 0 Å². The lowest BCUT2D eigenvalue weighted by atomic mass is 9.94. The molecule has 0 aromatic heterocycles. The van der Waals surface area contributed by atoms with Gasteiger partial charge in [-0.2, -0.15) is 0 Å². The third-order valence-corrected chi connectivity index (χ3v) is 5.30. The predicted octanol–water partition coefficient (Wildman–Crippen LogP) is 3.68. The average molecular weight is 280 g/mol. The third kappa shape index (κ3) is 3.36. The predicted molar refractivity (Wildman–Crippen MR) is 83.4 cm³/mol. The first-order valence-electron chi connectivity index (χ1n) is 8.77. The quantitative estimate of drug-likeness (QED) is 0.852. The summed E-state index contributed by atoms with van der Waals surface area (Å²) >= 11 is 0. The fourth-order valence-electron chi connectivity index (χ4n) is 3.78. The maximum Gasteiger partial charge on any atom is 0.241 e. The maximum absolute atomic E-state index is 12.8. The molecular weight excluding hydrogens is 248 g/mol. The Morgan fingerprint density at radius 1 is 1.15 bits per heavy atom. The van der Waals surface area contributed by atoms with E-state index in [1.807, 2.05) is 0 Å². The molecule has 20 heavy (non-hydrogen) atoms. The minimum Gasteiger partial charge on any atom is -0.323 e. The molecule has 1 heterocycles. The van der Waals surface area contributed by atoms with Crippen molar-refractivity contribution in [2.45, 2.75) is 96.8 Å². The summed E-state index contributed by atoms with van der Waals surface area (Å²) in [6, 6.07) is 0.532. The topological polar surface area (TPSA) is 32.3 Å². The van der Waals surface area contributed by atoms with Crippen LogP contribution in [-0.4, -0.2) is 29.1 Å². The van der Waals surface area contributed by atoms with Crippen LogP contribution < -0.4 is 5.32 Å². The summed E-state index contributed by atoms with van der Waals surface area (Å²) in [5.41, 5.74) is 0. The van der Waals surface area contributed by atoms with E-state index in [0.717, 1.165) is 12.8 Å². The van der Waals surface area contributed by atoms with Gasteiger partial charge in [-0.05, 0) is 25.2 Å². The van der Waals surface area contributed by atoms with Crippen molar-refractivity contribution in [3.8, 4) is 0 Å². The van der Waals surface area contributed by atoms with E-state index in [-0.39, 0.29) is 12.2 Å². The lowest BCUT2D eigenvalue weighted by Crippen LogP contribution is -2.44. The van der Waals surface area contributed by atoms with Crippen LogP contribution in [0.25, 0.3) is 0 Å². The molecule has 3 heteroatoms. The van der Waals surface area contributed by atoms with Crippen molar-refractivity contribution in [1.29, 1.82) is 0 Å². The molecule has 3 atom stereocenters. The van der Waals surface area contributed by atoms with E-state index in [1.165, 1.54) is 44.9 Å². The van der Waals surface area contributed by atoms with Crippen LogP contribution >= 0.6 is 0 Å². The molecule has 1 amide bonds. The number of hydrogen-bond donors (Lipinski definition) is 1. The van der Waals surface area contributed by atoms with Crippen molar-refractivity contribution in [1.82, 2.24) is 10.2 Å². The highest BCUT2D eigenvalue weighted by Crippen LogP contribution is 2.29. The van der Waals surface area contributed by atoms with Gasteiger partial charge in [-0.15, -0.1) is 0 Å². The van der Waals surface area contributed by atoms with Crippen LogP contribution in [0.5, 0.6) is 0 Å². The molecule has 0 radical (unpaired) electrons. The second-order valence-corrected chi connectivity index (χ2v) is 6.70. The average Bonchev–Trinajstić information content (AvgIpc) is 2.75. The molecule has 2 fully saturated rings. The van der Waals surface area contributed by atoms with Gasteiger partial charge >= 0.3 is 0 Å².